The Kier molecular flexibility index (Phi) is 7.30. The first kappa shape index (κ1) is 21.6. The number of ether oxygens (including phenoxy) is 1. The van der Waals surface area contributed by atoms with Crippen LogP contribution in [-0.4, -0.2) is 47.3 Å². The van der Waals surface area contributed by atoms with Crippen LogP contribution in [0.2, 0.25) is 0 Å². The molecular formula is C23H24N2O4S. The van der Waals surface area contributed by atoms with Gasteiger partial charge in [0.15, 0.2) is 6.61 Å². The molecule has 0 aliphatic heterocycles. The molecule has 1 aromatic heterocycles. The Labute approximate surface area is 179 Å². The summed E-state index contributed by atoms with van der Waals surface area (Å²) in [7, 11) is 0. The number of aromatic nitrogens is 1. The molecule has 2 N–H and O–H groups in total. The van der Waals surface area contributed by atoms with Crippen molar-refractivity contribution in [1.82, 2.24) is 10.3 Å². The maximum atomic E-state index is 12.7. The van der Waals surface area contributed by atoms with Gasteiger partial charge >= 0.3 is 5.97 Å². The summed E-state index contributed by atoms with van der Waals surface area (Å²) in [5.74, 6) is -0.572. The first-order valence-electron chi connectivity index (χ1n) is 9.63. The molecule has 0 bridgehead atoms. The van der Waals surface area contributed by atoms with E-state index in [1.807, 2.05) is 43.5 Å². The second-order valence-corrected chi connectivity index (χ2v) is 7.86. The van der Waals surface area contributed by atoms with E-state index >= 15 is 0 Å². The normalized spacial score (nSPS) is 11.8. The summed E-state index contributed by atoms with van der Waals surface area (Å²) < 4.78 is 5.30. The lowest BCUT2D eigenvalue weighted by atomic mass is 10.1. The van der Waals surface area contributed by atoms with E-state index in [-0.39, 0.29) is 18.3 Å². The van der Waals surface area contributed by atoms with Crippen molar-refractivity contribution in [3.8, 4) is 0 Å². The predicted molar refractivity (Wildman–Crippen MR) is 119 cm³/mol. The Morgan fingerprint density at radius 3 is 2.50 bits per heavy atom. The molecule has 0 radical (unpaired) electrons. The van der Waals surface area contributed by atoms with Crippen LogP contribution in [0, 0.1) is 6.92 Å². The van der Waals surface area contributed by atoms with Crippen molar-refractivity contribution < 1.29 is 19.1 Å². The number of aromatic amines is 1. The number of para-hydroxylation sites is 1. The molecule has 6 nitrogen and oxygen atoms in total. The summed E-state index contributed by atoms with van der Waals surface area (Å²) in [6.45, 7) is 1.44. The molecule has 2 aromatic carbocycles. The van der Waals surface area contributed by atoms with Crippen molar-refractivity contribution in [2.75, 3.05) is 18.6 Å². The van der Waals surface area contributed by atoms with Gasteiger partial charge in [-0.3, -0.25) is 9.59 Å². The van der Waals surface area contributed by atoms with E-state index in [9.17, 15) is 14.4 Å². The number of carbonyl (C=O) groups excluding carboxylic acids is 3. The van der Waals surface area contributed by atoms with Gasteiger partial charge in [0, 0.05) is 27.7 Å². The third kappa shape index (κ3) is 5.10. The molecule has 0 saturated heterocycles. The zero-order chi connectivity index (χ0) is 21.5. The van der Waals surface area contributed by atoms with Crippen molar-refractivity contribution in [2.24, 2.45) is 0 Å². The standard InChI is InChI=1S/C23H24N2O4S/c1-15-21(17-10-6-7-11-18(17)24-15)20(26)14-29-23(28)19(12-13-30-2)25-22(27)16-8-4-3-5-9-16/h3-11,19,24H,12-14H2,1-2H3,(H,25,27). The topological polar surface area (TPSA) is 88.3 Å². The van der Waals surface area contributed by atoms with Crippen LogP contribution in [0.5, 0.6) is 0 Å². The Bertz CT molecular complexity index is 1050. The Morgan fingerprint density at radius 1 is 1.07 bits per heavy atom. The van der Waals surface area contributed by atoms with E-state index in [1.54, 1.807) is 36.0 Å². The average Bonchev–Trinajstić information content (AvgIpc) is 3.10. The van der Waals surface area contributed by atoms with Gasteiger partial charge in [0.05, 0.1) is 0 Å². The molecule has 3 rings (SSSR count). The fourth-order valence-corrected chi connectivity index (χ4v) is 3.73. The highest BCUT2D eigenvalue weighted by Crippen LogP contribution is 2.22. The lowest BCUT2D eigenvalue weighted by Crippen LogP contribution is -2.42. The minimum Gasteiger partial charge on any atom is -0.456 e. The quantitative estimate of drug-likeness (QED) is 0.403. The van der Waals surface area contributed by atoms with Gasteiger partial charge in [-0.15, -0.1) is 0 Å². The van der Waals surface area contributed by atoms with Crippen LogP contribution in [0.4, 0.5) is 0 Å². The van der Waals surface area contributed by atoms with E-state index in [4.69, 9.17) is 4.74 Å². The monoisotopic (exact) mass is 424 g/mol. The number of amides is 1. The van der Waals surface area contributed by atoms with Crippen LogP contribution in [-0.2, 0) is 9.53 Å². The van der Waals surface area contributed by atoms with Crippen LogP contribution >= 0.6 is 11.8 Å². The van der Waals surface area contributed by atoms with Gasteiger partial charge in [-0.1, -0.05) is 36.4 Å². The fraction of sp³-hybridized carbons (Fsp3) is 0.261. The van der Waals surface area contributed by atoms with Crippen LogP contribution < -0.4 is 5.32 Å². The van der Waals surface area contributed by atoms with Crippen molar-refractivity contribution in [2.45, 2.75) is 19.4 Å². The number of ketones is 1. The molecule has 30 heavy (non-hydrogen) atoms. The third-order valence-corrected chi connectivity index (χ3v) is 5.40. The maximum Gasteiger partial charge on any atom is 0.329 e. The second-order valence-electron chi connectivity index (χ2n) is 6.88. The van der Waals surface area contributed by atoms with E-state index in [0.29, 0.717) is 23.3 Å². The van der Waals surface area contributed by atoms with Crippen LogP contribution in [0.1, 0.15) is 32.8 Å². The number of nitrogens with one attached hydrogen (secondary N) is 2. The number of fused-ring (bicyclic) bond motifs is 1. The highest BCUT2D eigenvalue weighted by molar-refractivity contribution is 7.98. The molecule has 156 valence electrons. The molecule has 1 heterocycles. The summed E-state index contributed by atoms with van der Waals surface area (Å²) >= 11 is 1.57. The lowest BCUT2D eigenvalue weighted by molar-refractivity contribution is -0.144. The zero-order valence-corrected chi connectivity index (χ0v) is 17.8. The van der Waals surface area contributed by atoms with Crippen molar-refractivity contribution in [1.29, 1.82) is 0 Å². The molecule has 7 heteroatoms. The van der Waals surface area contributed by atoms with Crippen molar-refractivity contribution >= 4 is 40.3 Å². The third-order valence-electron chi connectivity index (χ3n) is 4.75. The largest absolute Gasteiger partial charge is 0.456 e. The van der Waals surface area contributed by atoms with E-state index in [1.165, 1.54) is 0 Å². The summed E-state index contributed by atoms with van der Waals surface area (Å²) in [5.41, 5.74) is 2.57. The first-order valence-corrected chi connectivity index (χ1v) is 11.0. The Hall–Kier alpha value is -3.06. The number of Topliss-reactive ketones (excluding diaryl/α,β-unsaturated/α-hetero) is 1. The molecule has 1 atom stereocenters. The fourth-order valence-electron chi connectivity index (χ4n) is 3.26. The minimum absolute atomic E-state index is 0.281. The van der Waals surface area contributed by atoms with E-state index in [0.717, 1.165) is 16.6 Å². The molecule has 0 saturated carbocycles. The second kappa shape index (κ2) is 10.1. The first-order chi connectivity index (χ1) is 14.5. The number of rotatable bonds is 9. The molecular weight excluding hydrogens is 400 g/mol. The Morgan fingerprint density at radius 2 is 1.77 bits per heavy atom. The van der Waals surface area contributed by atoms with Crippen LogP contribution in [0.25, 0.3) is 10.9 Å². The van der Waals surface area contributed by atoms with Gasteiger partial charge in [-0.05, 0) is 43.6 Å². The maximum absolute atomic E-state index is 12.7. The van der Waals surface area contributed by atoms with Gasteiger partial charge in [-0.2, -0.15) is 11.8 Å². The summed E-state index contributed by atoms with van der Waals surface area (Å²) in [6, 6.07) is 15.4. The SMILES string of the molecule is CSCCC(NC(=O)c1ccccc1)C(=O)OCC(=O)c1c(C)[nH]c2ccccc12. The molecule has 1 amide bonds. The zero-order valence-electron chi connectivity index (χ0n) is 16.9. The molecule has 0 fully saturated rings. The van der Waals surface area contributed by atoms with Gasteiger partial charge < -0.3 is 15.0 Å². The molecule has 0 aliphatic rings. The number of aryl methyl sites for hydroxylation is 1. The average molecular weight is 425 g/mol. The minimum atomic E-state index is -0.818. The molecule has 0 aliphatic carbocycles. The lowest BCUT2D eigenvalue weighted by Gasteiger charge is -2.17. The highest BCUT2D eigenvalue weighted by Gasteiger charge is 2.24. The molecule has 3 aromatic rings. The van der Waals surface area contributed by atoms with Gasteiger partial charge in [0.1, 0.15) is 6.04 Å². The molecule has 1 unspecified atom stereocenters. The number of esters is 1. The summed E-state index contributed by atoms with van der Waals surface area (Å²) in [6.07, 6.45) is 2.34. The van der Waals surface area contributed by atoms with Crippen molar-refractivity contribution in [3.63, 3.8) is 0 Å². The predicted octanol–water partition coefficient (Wildman–Crippen LogP) is 3.75. The van der Waals surface area contributed by atoms with Crippen LogP contribution in [0.15, 0.2) is 54.6 Å². The van der Waals surface area contributed by atoms with Gasteiger partial charge in [0.2, 0.25) is 5.78 Å². The highest BCUT2D eigenvalue weighted by atomic mass is 32.2. The number of thioether (sulfide) groups is 1. The number of benzene rings is 2. The van der Waals surface area contributed by atoms with Gasteiger partial charge in [0.25, 0.3) is 5.91 Å². The Balaban J connectivity index is 1.67. The summed E-state index contributed by atoms with van der Waals surface area (Å²) in [4.78, 5) is 41.0. The van der Waals surface area contributed by atoms with E-state index in [2.05, 4.69) is 10.3 Å². The van der Waals surface area contributed by atoms with Gasteiger partial charge in [-0.25, -0.2) is 4.79 Å². The summed E-state index contributed by atoms with van der Waals surface area (Å²) in [5, 5.41) is 3.52. The smallest absolute Gasteiger partial charge is 0.329 e. The van der Waals surface area contributed by atoms with E-state index < -0.39 is 12.0 Å². The number of carbonyl (C=O) groups is 3. The van der Waals surface area contributed by atoms with Crippen LogP contribution in [0.3, 0.4) is 0 Å². The van der Waals surface area contributed by atoms with Crippen molar-refractivity contribution in [3.05, 3.63) is 71.4 Å². The molecule has 0 spiro atoms. The number of hydrogen-bond acceptors (Lipinski definition) is 5. The number of H-pyrrole nitrogens is 1. The number of hydrogen-bond donors (Lipinski definition) is 2.